The maximum atomic E-state index is 8.66. The fraction of sp³-hybridized carbons (Fsp3) is 0.188. The Morgan fingerprint density at radius 2 is 1.95 bits per heavy atom. The molecular formula is C16H16N4. The van der Waals surface area contributed by atoms with E-state index in [2.05, 4.69) is 46.8 Å². The van der Waals surface area contributed by atoms with Gasteiger partial charge in [-0.15, -0.1) is 0 Å². The molecule has 0 saturated carbocycles. The van der Waals surface area contributed by atoms with E-state index in [9.17, 15) is 0 Å². The number of nitriles is 1. The van der Waals surface area contributed by atoms with Gasteiger partial charge in [-0.25, -0.2) is 0 Å². The fourth-order valence-corrected chi connectivity index (χ4v) is 2.33. The second-order valence-corrected chi connectivity index (χ2v) is 4.92. The molecule has 2 aromatic carbocycles. The summed E-state index contributed by atoms with van der Waals surface area (Å²) in [5.74, 6) is 0. The average molecular weight is 264 g/mol. The number of hydrogen-bond donors (Lipinski definition) is 2. The maximum absolute atomic E-state index is 8.66. The standard InChI is InChI=1S/C16H16N4/c1-20-11-18-15-7-6-14(10-16(15)20)19-13-4-2-12(3-5-13)8-9-17/h2-7,10,18-19H,8,11H2,1H3. The Kier molecular flexibility index (Phi) is 3.18. The molecule has 0 fully saturated rings. The van der Waals surface area contributed by atoms with Crippen LogP contribution in [-0.4, -0.2) is 13.7 Å². The lowest BCUT2D eigenvalue weighted by Crippen LogP contribution is -2.15. The van der Waals surface area contributed by atoms with Crippen molar-refractivity contribution < 1.29 is 0 Å². The average Bonchev–Trinajstić information content (AvgIpc) is 2.83. The molecule has 4 nitrogen and oxygen atoms in total. The molecule has 0 aliphatic carbocycles. The van der Waals surface area contributed by atoms with Gasteiger partial charge in [0, 0.05) is 18.4 Å². The van der Waals surface area contributed by atoms with Gasteiger partial charge in [0.1, 0.15) is 0 Å². The van der Waals surface area contributed by atoms with Gasteiger partial charge in [-0.05, 0) is 35.9 Å². The molecule has 0 bridgehead atoms. The Morgan fingerprint density at radius 3 is 2.70 bits per heavy atom. The molecule has 2 aromatic rings. The van der Waals surface area contributed by atoms with E-state index in [1.54, 1.807) is 0 Å². The van der Waals surface area contributed by atoms with Crippen molar-refractivity contribution in [1.82, 2.24) is 0 Å². The SMILES string of the molecule is CN1CNc2ccc(Nc3ccc(CC#N)cc3)cc21. The second-order valence-electron chi connectivity index (χ2n) is 4.92. The number of anilines is 4. The first-order valence-corrected chi connectivity index (χ1v) is 6.58. The first kappa shape index (κ1) is 12.4. The lowest BCUT2D eigenvalue weighted by Gasteiger charge is -2.12. The summed E-state index contributed by atoms with van der Waals surface area (Å²) in [6.45, 7) is 0.849. The first-order chi connectivity index (χ1) is 9.76. The third-order valence-corrected chi connectivity index (χ3v) is 3.44. The quantitative estimate of drug-likeness (QED) is 0.893. The van der Waals surface area contributed by atoms with Crippen molar-refractivity contribution in [2.75, 3.05) is 29.2 Å². The van der Waals surface area contributed by atoms with Crippen LogP contribution < -0.4 is 15.5 Å². The van der Waals surface area contributed by atoms with E-state index in [1.165, 1.54) is 11.4 Å². The van der Waals surface area contributed by atoms with Crippen LogP contribution >= 0.6 is 0 Å². The highest BCUT2D eigenvalue weighted by Crippen LogP contribution is 2.33. The van der Waals surface area contributed by atoms with Gasteiger partial charge in [-0.2, -0.15) is 5.26 Å². The molecule has 0 spiro atoms. The van der Waals surface area contributed by atoms with E-state index in [0.717, 1.165) is 23.6 Å². The number of nitrogens with zero attached hydrogens (tertiary/aromatic N) is 2. The van der Waals surface area contributed by atoms with E-state index in [-0.39, 0.29) is 0 Å². The third-order valence-electron chi connectivity index (χ3n) is 3.44. The molecule has 0 unspecified atom stereocenters. The fourth-order valence-electron chi connectivity index (χ4n) is 2.33. The van der Waals surface area contributed by atoms with Gasteiger partial charge in [-0.3, -0.25) is 0 Å². The van der Waals surface area contributed by atoms with Gasteiger partial charge >= 0.3 is 0 Å². The monoisotopic (exact) mass is 264 g/mol. The number of hydrogen-bond acceptors (Lipinski definition) is 4. The van der Waals surface area contributed by atoms with Crippen molar-refractivity contribution in [3.8, 4) is 6.07 Å². The Balaban J connectivity index is 1.78. The highest BCUT2D eigenvalue weighted by atomic mass is 15.3. The largest absolute Gasteiger partial charge is 0.366 e. The van der Waals surface area contributed by atoms with Crippen LogP contribution in [0.15, 0.2) is 42.5 Å². The zero-order valence-corrected chi connectivity index (χ0v) is 11.4. The Labute approximate surface area is 118 Å². The summed E-state index contributed by atoms with van der Waals surface area (Å²) in [6.07, 6.45) is 0.454. The zero-order valence-electron chi connectivity index (χ0n) is 11.4. The Morgan fingerprint density at radius 1 is 1.20 bits per heavy atom. The number of fused-ring (bicyclic) bond motifs is 1. The van der Waals surface area contributed by atoms with Gasteiger partial charge in [0.2, 0.25) is 0 Å². The minimum atomic E-state index is 0.454. The Hall–Kier alpha value is -2.67. The molecule has 1 heterocycles. The predicted octanol–water partition coefficient (Wildman–Crippen LogP) is 3.32. The molecular weight excluding hydrogens is 248 g/mol. The molecule has 4 heteroatoms. The summed E-state index contributed by atoms with van der Waals surface area (Å²) in [5, 5.41) is 15.4. The van der Waals surface area contributed by atoms with Crippen LogP contribution in [0.3, 0.4) is 0 Å². The Bertz CT molecular complexity index is 655. The van der Waals surface area contributed by atoms with Gasteiger partial charge in [0.05, 0.1) is 30.5 Å². The van der Waals surface area contributed by atoms with Crippen molar-refractivity contribution in [1.29, 1.82) is 5.26 Å². The highest BCUT2D eigenvalue weighted by Gasteiger charge is 2.14. The van der Waals surface area contributed by atoms with Crippen molar-refractivity contribution >= 4 is 22.7 Å². The van der Waals surface area contributed by atoms with E-state index in [4.69, 9.17) is 5.26 Å². The number of benzene rings is 2. The van der Waals surface area contributed by atoms with E-state index in [1.807, 2.05) is 24.3 Å². The van der Waals surface area contributed by atoms with E-state index in [0.29, 0.717) is 6.42 Å². The summed E-state index contributed by atoms with van der Waals surface area (Å²) in [7, 11) is 2.07. The van der Waals surface area contributed by atoms with Crippen molar-refractivity contribution in [2.45, 2.75) is 6.42 Å². The predicted molar refractivity (Wildman–Crippen MR) is 82.4 cm³/mol. The third kappa shape index (κ3) is 2.39. The molecule has 2 N–H and O–H groups in total. The molecule has 100 valence electrons. The minimum Gasteiger partial charge on any atom is -0.366 e. The normalized spacial score (nSPS) is 12.5. The van der Waals surface area contributed by atoms with Crippen LogP contribution in [-0.2, 0) is 6.42 Å². The van der Waals surface area contributed by atoms with Gasteiger partial charge in [0.25, 0.3) is 0 Å². The van der Waals surface area contributed by atoms with Crippen LogP contribution in [0.1, 0.15) is 5.56 Å². The number of rotatable bonds is 3. The van der Waals surface area contributed by atoms with Gasteiger partial charge < -0.3 is 15.5 Å². The summed E-state index contributed by atoms with van der Waals surface area (Å²) >= 11 is 0. The molecule has 1 aliphatic rings. The molecule has 0 radical (unpaired) electrons. The van der Waals surface area contributed by atoms with Gasteiger partial charge in [-0.1, -0.05) is 12.1 Å². The van der Waals surface area contributed by atoms with E-state index < -0.39 is 0 Å². The summed E-state index contributed by atoms with van der Waals surface area (Å²) < 4.78 is 0. The van der Waals surface area contributed by atoms with Crippen molar-refractivity contribution in [2.24, 2.45) is 0 Å². The lowest BCUT2D eigenvalue weighted by molar-refractivity contribution is 1.03. The highest BCUT2D eigenvalue weighted by molar-refractivity contribution is 5.79. The smallest absolute Gasteiger partial charge is 0.0874 e. The van der Waals surface area contributed by atoms with Crippen molar-refractivity contribution in [3.63, 3.8) is 0 Å². The van der Waals surface area contributed by atoms with Gasteiger partial charge in [0.15, 0.2) is 0 Å². The van der Waals surface area contributed by atoms with Crippen molar-refractivity contribution in [3.05, 3.63) is 48.0 Å². The molecule has 20 heavy (non-hydrogen) atoms. The molecule has 0 saturated heterocycles. The molecule has 0 amide bonds. The van der Waals surface area contributed by atoms with E-state index >= 15 is 0 Å². The topological polar surface area (TPSA) is 51.1 Å². The summed E-state index contributed by atoms with van der Waals surface area (Å²) in [5.41, 5.74) is 5.50. The van der Waals surface area contributed by atoms with Crippen LogP contribution in [0, 0.1) is 11.3 Å². The lowest BCUT2D eigenvalue weighted by atomic mass is 10.1. The molecule has 0 atom stereocenters. The van der Waals surface area contributed by atoms with Crippen LogP contribution in [0.2, 0.25) is 0 Å². The second kappa shape index (κ2) is 5.14. The molecule has 3 rings (SSSR count). The minimum absolute atomic E-state index is 0.454. The summed E-state index contributed by atoms with van der Waals surface area (Å²) in [4.78, 5) is 2.18. The van der Waals surface area contributed by atoms with Crippen LogP contribution in [0.25, 0.3) is 0 Å². The van der Waals surface area contributed by atoms with Crippen LogP contribution in [0.5, 0.6) is 0 Å². The molecule has 1 aliphatic heterocycles. The maximum Gasteiger partial charge on any atom is 0.0874 e. The number of nitrogens with one attached hydrogen (secondary N) is 2. The summed E-state index contributed by atoms with van der Waals surface area (Å²) in [6, 6.07) is 16.4. The first-order valence-electron chi connectivity index (χ1n) is 6.58. The molecule has 0 aromatic heterocycles. The zero-order chi connectivity index (χ0) is 13.9. The van der Waals surface area contributed by atoms with Crippen LogP contribution in [0.4, 0.5) is 22.7 Å².